The topological polar surface area (TPSA) is 51.8 Å². The SMILES string of the molecule is Cc1c(CC2(N)CC2)sc2ccnnc12. The Kier molecular flexibility index (Phi) is 1.85. The van der Waals surface area contributed by atoms with Crippen LogP contribution in [0.15, 0.2) is 12.3 Å². The van der Waals surface area contributed by atoms with E-state index >= 15 is 0 Å². The molecule has 0 atom stereocenters. The molecule has 2 aromatic rings. The molecule has 1 aliphatic rings. The summed E-state index contributed by atoms with van der Waals surface area (Å²) in [7, 11) is 0. The summed E-state index contributed by atoms with van der Waals surface area (Å²) < 4.78 is 1.22. The maximum absolute atomic E-state index is 6.14. The number of aromatic nitrogens is 2. The lowest BCUT2D eigenvalue weighted by Gasteiger charge is -2.06. The van der Waals surface area contributed by atoms with Crippen molar-refractivity contribution in [3.63, 3.8) is 0 Å². The standard InChI is InChI=1S/C11H13N3S/c1-7-9(6-11(12)3-4-11)15-8-2-5-13-14-10(7)8/h2,5H,3-4,6,12H2,1H3. The molecule has 78 valence electrons. The van der Waals surface area contributed by atoms with Crippen molar-refractivity contribution in [1.82, 2.24) is 10.2 Å². The minimum absolute atomic E-state index is 0.0824. The first kappa shape index (κ1) is 9.24. The second-order valence-electron chi connectivity index (χ2n) is 4.43. The molecule has 0 radical (unpaired) electrons. The zero-order valence-corrected chi connectivity index (χ0v) is 9.47. The van der Waals surface area contributed by atoms with Gasteiger partial charge in [0.05, 0.1) is 10.9 Å². The highest BCUT2D eigenvalue weighted by molar-refractivity contribution is 7.19. The molecule has 0 bridgehead atoms. The molecule has 0 aliphatic heterocycles. The van der Waals surface area contributed by atoms with Crippen LogP contribution in [0.25, 0.3) is 10.2 Å². The molecule has 1 aliphatic carbocycles. The maximum atomic E-state index is 6.14. The van der Waals surface area contributed by atoms with E-state index in [0.717, 1.165) is 24.8 Å². The van der Waals surface area contributed by atoms with Crippen molar-refractivity contribution in [2.75, 3.05) is 0 Å². The van der Waals surface area contributed by atoms with Gasteiger partial charge in [0.2, 0.25) is 0 Å². The van der Waals surface area contributed by atoms with Crippen LogP contribution in [-0.2, 0) is 6.42 Å². The molecule has 4 heteroatoms. The molecule has 2 N–H and O–H groups in total. The molecule has 2 aromatic heterocycles. The lowest BCUT2D eigenvalue weighted by Crippen LogP contribution is -2.24. The minimum Gasteiger partial charge on any atom is -0.325 e. The van der Waals surface area contributed by atoms with Crippen molar-refractivity contribution in [3.05, 3.63) is 22.7 Å². The molecule has 0 saturated heterocycles. The highest BCUT2D eigenvalue weighted by Gasteiger charge is 2.39. The van der Waals surface area contributed by atoms with Crippen LogP contribution >= 0.6 is 11.3 Å². The fraction of sp³-hybridized carbons (Fsp3) is 0.455. The third-order valence-corrected chi connectivity index (χ3v) is 4.34. The highest BCUT2D eigenvalue weighted by atomic mass is 32.1. The summed E-state index contributed by atoms with van der Waals surface area (Å²) in [6.45, 7) is 2.12. The van der Waals surface area contributed by atoms with Gasteiger partial charge in [-0.1, -0.05) is 0 Å². The van der Waals surface area contributed by atoms with E-state index in [1.54, 1.807) is 6.20 Å². The largest absolute Gasteiger partial charge is 0.325 e. The lowest BCUT2D eigenvalue weighted by atomic mass is 10.1. The van der Waals surface area contributed by atoms with Gasteiger partial charge in [-0.05, 0) is 31.4 Å². The van der Waals surface area contributed by atoms with E-state index in [0.29, 0.717) is 0 Å². The van der Waals surface area contributed by atoms with Gasteiger partial charge in [0, 0.05) is 16.8 Å². The number of nitrogens with zero attached hydrogens (tertiary/aromatic N) is 2. The number of hydrogen-bond acceptors (Lipinski definition) is 4. The van der Waals surface area contributed by atoms with Gasteiger partial charge in [0.1, 0.15) is 5.52 Å². The third kappa shape index (κ3) is 1.54. The molecule has 1 fully saturated rings. The number of hydrogen-bond donors (Lipinski definition) is 1. The Morgan fingerprint density at radius 3 is 3.00 bits per heavy atom. The van der Waals surface area contributed by atoms with E-state index in [1.165, 1.54) is 15.1 Å². The van der Waals surface area contributed by atoms with E-state index in [9.17, 15) is 0 Å². The molecule has 0 spiro atoms. The quantitative estimate of drug-likeness (QED) is 0.840. The van der Waals surface area contributed by atoms with Crippen LogP contribution in [0.4, 0.5) is 0 Å². The Morgan fingerprint density at radius 1 is 1.53 bits per heavy atom. The molecule has 3 rings (SSSR count). The molecule has 2 heterocycles. The van der Waals surface area contributed by atoms with Gasteiger partial charge < -0.3 is 5.73 Å². The average Bonchev–Trinajstić information content (AvgIpc) is 2.87. The van der Waals surface area contributed by atoms with Crippen LogP contribution in [0.2, 0.25) is 0 Å². The van der Waals surface area contributed by atoms with Crippen molar-refractivity contribution in [1.29, 1.82) is 0 Å². The summed E-state index contributed by atoms with van der Waals surface area (Å²) in [4.78, 5) is 1.38. The van der Waals surface area contributed by atoms with Gasteiger partial charge in [0.15, 0.2) is 0 Å². The van der Waals surface area contributed by atoms with Gasteiger partial charge in [0.25, 0.3) is 0 Å². The molecule has 3 nitrogen and oxygen atoms in total. The van der Waals surface area contributed by atoms with E-state index in [1.807, 2.05) is 17.4 Å². The zero-order chi connectivity index (χ0) is 10.5. The zero-order valence-electron chi connectivity index (χ0n) is 8.66. The number of thiophene rings is 1. The summed E-state index contributed by atoms with van der Waals surface area (Å²) >= 11 is 1.81. The Balaban J connectivity index is 2.07. The number of aryl methyl sites for hydroxylation is 1. The molecule has 15 heavy (non-hydrogen) atoms. The predicted octanol–water partition coefficient (Wildman–Crippen LogP) is 2.03. The van der Waals surface area contributed by atoms with Crippen molar-refractivity contribution in [2.24, 2.45) is 5.73 Å². The number of rotatable bonds is 2. The first-order valence-electron chi connectivity index (χ1n) is 5.16. The van der Waals surface area contributed by atoms with Gasteiger partial charge in [-0.25, -0.2) is 0 Å². The Hall–Kier alpha value is -1.000. The van der Waals surface area contributed by atoms with E-state index < -0.39 is 0 Å². The first-order valence-corrected chi connectivity index (χ1v) is 5.98. The minimum atomic E-state index is 0.0824. The molecule has 1 saturated carbocycles. The van der Waals surface area contributed by atoms with Crippen molar-refractivity contribution in [3.8, 4) is 0 Å². The Labute approximate surface area is 92.3 Å². The van der Waals surface area contributed by atoms with Gasteiger partial charge in [-0.3, -0.25) is 0 Å². The molecule has 0 amide bonds. The van der Waals surface area contributed by atoms with E-state index in [4.69, 9.17) is 5.73 Å². The Morgan fingerprint density at radius 2 is 2.33 bits per heavy atom. The van der Waals surface area contributed by atoms with E-state index in [-0.39, 0.29) is 5.54 Å². The maximum Gasteiger partial charge on any atom is 0.107 e. The van der Waals surface area contributed by atoms with Gasteiger partial charge in [-0.2, -0.15) is 5.10 Å². The van der Waals surface area contributed by atoms with Crippen LogP contribution in [0.5, 0.6) is 0 Å². The molecule has 0 aromatic carbocycles. The average molecular weight is 219 g/mol. The molecular formula is C11H13N3S. The first-order chi connectivity index (χ1) is 7.18. The van der Waals surface area contributed by atoms with Crippen LogP contribution in [0, 0.1) is 6.92 Å². The third-order valence-electron chi connectivity index (χ3n) is 3.10. The summed E-state index contributed by atoms with van der Waals surface area (Å²) in [5, 5.41) is 8.10. The van der Waals surface area contributed by atoms with E-state index in [2.05, 4.69) is 17.1 Å². The predicted molar refractivity (Wildman–Crippen MR) is 62.0 cm³/mol. The summed E-state index contributed by atoms with van der Waals surface area (Å²) in [5.74, 6) is 0. The van der Waals surface area contributed by atoms with Crippen LogP contribution in [0.1, 0.15) is 23.3 Å². The molecular weight excluding hydrogens is 206 g/mol. The second kappa shape index (κ2) is 3.00. The number of nitrogens with two attached hydrogens (primary N) is 1. The van der Waals surface area contributed by atoms with Crippen LogP contribution in [-0.4, -0.2) is 15.7 Å². The smallest absolute Gasteiger partial charge is 0.107 e. The van der Waals surface area contributed by atoms with Gasteiger partial charge >= 0.3 is 0 Å². The normalized spacial score (nSPS) is 18.3. The second-order valence-corrected chi connectivity index (χ2v) is 5.57. The molecule has 0 unspecified atom stereocenters. The fourth-order valence-corrected chi connectivity index (χ4v) is 3.12. The summed E-state index contributed by atoms with van der Waals surface area (Å²) in [6.07, 6.45) is 5.07. The Bertz CT molecular complexity index is 514. The highest BCUT2D eigenvalue weighted by Crippen LogP contribution is 2.39. The van der Waals surface area contributed by atoms with Crippen molar-refractivity contribution in [2.45, 2.75) is 31.7 Å². The lowest BCUT2D eigenvalue weighted by molar-refractivity contribution is 0.677. The van der Waals surface area contributed by atoms with Crippen molar-refractivity contribution >= 4 is 21.6 Å². The fourth-order valence-electron chi connectivity index (χ4n) is 1.83. The van der Waals surface area contributed by atoms with Crippen LogP contribution in [0.3, 0.4) is 0 Å². The van der Waals surface area contributed by atoms with Crippen molar-refractivity contribution < 1.29 is 0 Å². The monoisotopic (exact) mass is 219 g/mol. The van der Waals surface area contributed by atoms with Gasteiger partial charge in [-0.15, -0.1) is 16.4 Å². The number of fused-ring (bicyclic) bond motifs is 1. The summed E-state index contributed by atoms with van der Waals surface area (Å²) in [5.41, 5.74) is 8.53. The van der Waals surface area contributed by atoms with Crippen LogP contribution < -0.4 is 5.73 Å². The summed E-state index contributed by atoms with van der Waals surface area (Å²) in [6, 6.07) is 2.03.